The lowest BCUT2D eigenvalue weighted by Gasteiger charge is -1.96. The summed E-state index contributed by atoms with van der Waals surface area (Å²) < 4.78 is 0. The molecule has 0 atom stereocenters. The van der Waals surface area contributed by atoms with E-state index in [0.717, 1.165) is 16.6 Å². The van der Waals surface area contributed by atoms with Gasteiger partial charge < -0.3 is 0 Å². The molecule has 3 heterocycles. The molecule has 4 rings (SSSR count). The van der Waals surface area contributed by atoms with Crippen LogP contribution in [-0.2, 0) is 13.0 Å². The second-order valence-electron chi connectivity index (χ2n) is 5.70. The lowest BCUT2D eigenvalue weighted by atomic mass is 10.1. The van der Waals surface area contributed by atoms with E-state index >= 15 is 0 Å². The zero-order valence-electron chi connectivity index (χ0n) is 13.7. The van der Waals surface area contributed by atoms with Crippen LogP contribution in [-0.4, -0.2) is 9.97 Å². The zero-order valence-corrected chi connectivity index (χ0v) is 15.3. The summed E-state index contributed by atoms with van der Waals surface area (Å²) in [4.78, 5) is 13.4. The summed E-state index contributed by atoms with van der Waals surface area (Å²) in [5, 5.41) is 9.64. The van der Waals surface area contributed by atoms with Gasteiger partial charge in [0, 0.05) is 21.1 Å². The highest BCUT2D eigenvalue weighted by Gasteiger charge is 2.09. The van der Waals surface area contributed by atoms with Gasteiger partial charge in [-0.1, -0.05) is 30.3 Å². The first kappa shape index (κ1) is 16.1. The van der Waals surface area contributed by atoms with Crippen LogP contribution < -0.4 is 0 Å². The third-order valence-electron chi connectivity index (χ3n) is 3.77. The molecule has 4 aromatic rings. The van der Waals surface area contributed by atoms with E-state index in [1.807, 2.05) is 6.07 Å². The van der Waals surface area contributed by atoms with Crippen molar-refractivity contribution in [2.24, 2.45) is 10.2 Å². The molecule has 124 valence electrons. The molecular formula is C19H16N4S2. The molecule has 0 amide bonds. The molecule has 0 aliphatic carbocycles. The van der Waals surface area contributed by atoms with Crippen LogP contribution in [0.5, 0.6) is 0 Å². The van der Waals surface area contributed by atoms with Gasteiger partial charge >= 0.3 is 0 Å². The minimum atomic E-state index is 0.588. The smallest absolute Gasteiger partial charge is 0.185 e. The predicted octanol–water partition coefficient (Wildman–Crippen LogP) is 5.94. The molecule has 0 unspecified atom stereocenters. The monoisotopic (exact) mass is 364 g/mol. The molecule has 0 spiro atoms. The third kappa shape index (κ3) is 3.81. The molecule has 25 heavy (non-hydrogen) atoms. The van der Waals surface area contributed by atoms with Crippen molar-refractivity contribution in [3.63, 3.8) is 0 Å². The van der Waals surface area contributed by atoms with E-state index in [0.29, 0.717) is 12.4 Å². The number of aryl methyl sites for hydroxylation is 1. The molecule has 0 fully saturated rings. The summed E-state index contributed by atoms with van der Waals surface area (Å²) >= 11 is 3.44. The second-order valence-corrected chi connectivity index (χ2v) is 8.19. The Labute approximate surface area is 153 Å². The standard InChI is InChI=1S/C19H16N4S2/c1-13-7-8-15(24-13)11-22-23-18-17-10-16(25-19(17)21-12-20-18)9-14-5-3-2-4-6-14/h2-8,10,12H,9,11H2,1H3. The number of rotatable bonds is 5. The van der Waals surface area contributed by atoms with Crippen molar-refractivity contribution >= 4 is 38.7 Å². The van der Waals surface area contributed by atoms with E-state index < -0.39 is 0 Å². The summed E-state index contributed by atoms with van der Waals surface area (Å²) in [6.45, 7) is 2.68. The van der Waals surface area contributed by atoms with E-state index in [4.69, 9.17) is 0 Å². The van der Waals surface area contributed by atoms with Gasteiger partial charge in [-0.3, -0.25) is 0 Å². The lowest BCUT2D eigenvalue weighted by molar-refractivity contribution is 0.964. The van der Waals surface area contributed by atoms with Crippen LogP contribution in [0.25, 0.3) is 10.2 Å². The Morgan fingerprint density at radius 1 is 0.960 bits per heavy atom. The first-order valence-corrected chi connectivity index (χ1v) is 9.61. The van der Waals surface area contributed by atoms with Crippen molar-refractivity contribution in [3.05, 3.63) is 75.1 Å². The molecule has 0 radical (unpaired) electrons. The highest BCUT2D eigenvalue weighted by Crippen LogP contribution is 2.31. The highest BCUT2D eigenvalue weighted by atomic mass is 32.1. The Bertz CT molecular complexity index is 1020. The predicted molar refractivity (Wildman–Crippen MR) is 104 cm³/mol. The molecule has 0 aliphatic heterocycles. The minimum Gasteiger partial charge on any atom is -0.225 e. The maximum Gasteiger partial charge on any atom is 0.185 e. The summed E-state index contributed by atoms with van der Waals surface area (Å²) in [6, 6.07) is 16.8. The van der Waals surface area contributed by atoms with E-state index in [2.05, 4.69) is 69.6 Å². The summed E-state index contributed by atoms with van der Waals surface area (Å²) in [6.07, 6.45) is 2.46. The number of azo groups is 1. The Morgan fingerprint density at radius 3 is 2.64 bits per heavy atom. The lowest BCUT2D eigenvalue weighted by Crippen LogP contribution is -1.82. The first-order valence-electron chi connectivity index (χ1n) is 7.98. The molecule has 0 bridgehead atoms. The summed E-state index contributed by atoms with van der Waals surface area (Å²) in [5.41, 5.74) is 1.29. The highest BCUT2D eigenvalue weighted by molar-refractivity contribution is 7.18. The normalized spacial score (nSPS) is 11.6. The van der Waals surface area contributed by atoms with Gasteiger partial charge in [-0.2, -0.15) is 5.11 Å². The molecular weight excluding hydrogens is 348 g/mol. The Balaban J connectivity index is 1.57. The molecule has 6 heteroatoms. The molecule has 3 aromatic heterocycles. The van der Waals surface area contributed by atoms with Crippen LogP contribution >= 0.6 is 22.7 Å². The van der Waals surface area contributed by atoms with Crippen molar-refractivity contribution < 1.29 is 0 Å². The molecule has 1 aromatic carbocycles. The SMILES string of the molecule is Cc1ccc(CN=Nc2ncnc3sc(Cc4ccccc4)cc23)s1. The van der Waals surface area contributed by atoms with Gasteiger partial charge in [0.1, 0.15) is 11.2 Å². The van der Waals surface area contributed by atoms with Crippen molar-refractivity contribution in [1.82, 2.24) is 9.97 Å². The summed E-state index contributed by atoms with van der Waals surface area (Å²) in [5.74, 6) is 0.647. The number of aromatic nitrogens is 2. The molecule has 0 N–H and O–H groups in total. The Hall–Kier alpha value is -2.44. The number of nitrogens with zero attached hydrogens (tertiary/aromatic N) is 4. The minimum absolute atomic E-state index is 0.588. The van der Waals surface area contributed by atoms with Crippen LogP contribution in [0.1, 0.15) is 20.2 Å². The molecule has 0 saturated heterocycles. The average Bonchev–Trinajstić information content (AvgIpc) is 3.22. The van der Waals surface area contributed by atoms with Gasteiger partial charge in [0.15, 0.2) is 5.82 Å². The van der Waals surface area contributed by atoms with Crippen LogP contribution in [0.4, 0.5) is 5.82 Å². The van der Waals surface area contributed by atoms with Crippen LogP contribution in [0, 0.1) is 6.92 Å². The van der Waals surface area contributed by atoms with E-state index in [1.165, 1.54) is 20.2 Å². The number of fused-ring (bicyclic) bond motifs is 1. The Kier molecular flexibility index (Phi) is 4.63. The van der Waals surface area contributed by atoms with Crippen molar-refractivity contribution in [2.75, 3.05) is 0 Å². The fourth-order valence-electron chi connectivity index (χ4n) is 2.60. The van der Waals surface area contributed by atoms with E-state index in [1.54, 1.807) is 29.0 Å². The zero-order chi connectivity index (χ0) is 17.1. The van der Waals surface area contributed by atoms with Crippen molar-refractivity contribution in [2.45, 2.75) is 19.9 Å². The van der Waals surface area contributed by atoms with E-state index in [9.17, 15) is 0 Å². The fraction of sp³-hybridized carbons (Fsp3) is 0.158. The van der Waals surface area contributed by atoms with Crippen LogP contribution in [0.15, 0.2) is 65.1 Å². The average molecular weight is 364 g/mol. The quantitative estimate of drug-likeness (QED) is 0.412. The van der Waals surface area contributed by atoms with Crippen molar-refractivity contribution in [3.8, 4) is 0 Å². The van der Waals surface area contributed by atoms with E-state index in [-0.39, 0.29) is 0 Å². The molecule has 0 saturated carbocycles. The van der Waals surface area contributed by atoms with Gasteiger partial charge in [-0.05, 0) is 30.7 Å². The van der Waals surface area contributed by atoms with Gasteiger partial charge in [0.25, 0.3) is 0 Å². The van der Waals surface area contributed by atoms with Crippen LogP contribution in [0.3, 0.4) is 0 Å². The largest absolute Gasteiger partial charge is 0.225 e. The fourth-order valence-corrected chi connectivity index (χ4v) is 4.43. The third-order valence-corrected chi connectivity index (χ3v) is 5.80. The second kappa shape index (κ2) is 7.21. The number of hydrogen-bond acceptors (Lipinski definition) is 6. The maximum absolute atomic E-state index is 4.38. The van der Waals surface area contributed by atoms with Crippen LogP contribution in [0.2, 0.25) is 0 Å². The molecule has 0 aliphatic rings. The number of benzene rings is 1. The summed E-state index contributed by atoms with van der Waals surface area (Å²) in [7, 11) is 0. The maximum atomic E-state index is 4.38. The van der Waals surface area contributed by atoms with Gasteiger partial charge in [0.05, 0.1) is 11.9 Å². The van der Waals surface area contributed by atoms with Gasteiger partial charge in [-0.25, -0.2) is 9.97 Å². The number of hydrogen-bond donors (Lipinski definition) is 0. The van der Waals surface area contributed by atoms with Gasteiger partial charge in [0.2, 0.25) is 0 Å². The topological polar surface area (TPSA) is 50.5 Å². The molecule has 4 nitrogen and oxygen atoms in total. The van der Waals surface area contributed by atoms with Crippen molar-refractivity contribution in [1.29, 1.82) is 0 Å². The Morgan fingerprint density at radius 2 is 1.84 bits per heavy atom. The van der Waals surface area contributed by atoms with Gasteiger partial charge in [-0.15, -0.1) is 27.8 Å². The number of thiophene rings is 2. The first-order chi connectivity index (χ1) is 12.3.